The lowest BCUT2D eigenvalue weighted by Gasteiger charge is -2.40. The Hall–Kier alpha value is -1.70. The standard InChI is InChI=1S/C11H7F13O2/c1-4(5(25)26-2)3-6(12,10(19,20)21)7(13,14)8(15,16)9(17,18)11(22,23)24/h3H,1-2H3. The van der Waals surface area contributed by atoms with Gasteiger partial charge in [0.2, 0.25) is 0 Å². The highest BCUT2D eigenvalue weighted by molar-refractivity contribution is 5.87. The second kappa shape index (κ2) is 6.48. The van der Waals surface area contributed by atoms with Crippen LogP contribution in [-0.4, -0.2) is 48.9 Å². The van der Waals surface area contributed by atoms with Gasteiger partial charge in [-0.15, -0.1) is 0 Å². The number of rotatable bonds is 5. The van der Waals surface area contributed by atoms with Gasteiger partial charge in [-0.25, -0.2) is 9.18 Å². The third-order valence-corrected chi connectivity index (χ3v) is 2.94. The van der Waals surface area contributed by atoms with Gasteiger partial charge in [-0.05, 0) is 13.0 Å². The molecule has 2 nitrogen and oxygen atoms in total. The van der Waals surface area contributed by atoms with Crippen molar-refractivity contribution in [2.45, 2.75) is 42.7 Å². The largest absolute Gasteiger partial charge is 0.466 e. The highest BCUT2D eigenvalue weighted by Gasteiger charge is 2.89. The average Bonchev–Trinajstić information content (AvgIpc) is 2.42. The second-order valence-corrected chi connectivity index (χ2v) is 4.75. The van der Waals surface area contributed by atoms with Crippen LogP contribution in [-0.2, 0) is 9.53 Å². The fourth-order valence-corrected chi connectivity index (χ4v) is 1.47. The first-order valence-electron chi connectivity index (χ1n) is 5.85. The first-order chi connectivity index (χ1) is 11.1. The highest BCUT2D eigenvalue weighted by atomic mass is 19.4. The quantitative estimate of drug-likeness (QED) is 0.363. The minimum Gasteiger partial charge on any atom is -0.466 e. The van der Waals surface area contributed by atoms with Crippen LogP contribution < -0.4 is 0 Å². The molecular weight excluding hydrogens is 411 g/mol. The summed E-state index contributed by atoms with van der Waals surface area (Å²) in [5, 5.41) is 0. The first kappa shape index (κ1) is 24.3. The van der Waals surface area contributed by atoms with E-state index in [2.05, 4.69) is 4.74 Å². The SMILES string of the molecule is COC(=O)C(C)=CC(F)(C(F)(F)F)C(F)(F)C(F)(F)C(F)(F)C(F)(F)F. The molecule has 1 unspecified atom stereocenters. The molecule has 0 rings (SSSR count). The molecule has 0 aliphatic heterocycles. The van der Waals surface area contributed by atoms with Gasteiger partial charge in [0, 0.05) is 5.57 Å². The monoisotopic (exact) mass is 418 g/mol. The van der Waals surface area contributed by atoms with Crippen LogP contribution in [0, 0.1) is 0 Å². The summed E-state index contributed by atoms with van der Waals surface area (Å²) >= 11 is 0. The van der Waals surface area contributed by atoms with Gasteiger partial charge in [-0.1, -0.05) is 0 Å². The minimum atomic E-state index is -7.89. The fourth-order valence-electron chi connectivity index (χ4n) is 1.47. The lowest BCUT2D eigenvalue weighted by molar-refractivity contribution is -0.425. The van der Waals surface area contributed by atoms with Gasteiger partial charge in [0.15, 0.2) is 0 Å². The topological polar surface area (TPSA) is 26.3 Å². The number of hydrogen-bond acceptors (Lipinski definition) is 2. The third kappa shape index (κ3) is 3.43. The molecule has 154 valence electrons. The van der Waals surface area contributed by atoms with Gasteiger partial charge in [0.05, 0.1) is 7.11 Å². The van der Waals surface area contributed by atoms with Crippen molar-refractivity contribution < 1.29 is 66.6 Å². The smallest absolute Gasteiger partial charge is 0.460 e. The van der Waals surface area contributed by atoms with Crippen LogP contribution in [0.1, 0.15) is 6.92 Å². The van der Waals surface area contributed by atoms with Crippen molar-refractivity contribution in [3.8, 4) is 0 Å². The Morgan fingerprint density at radius 3 is 1.35 bits per heavy atom. The number of esters is 1. The van der Waals surface area contributed by atoms with Crippen molar-refractivity contribution in [3.63, 3.8) is 0 Å². The normalized spacial score (nSPS) is 17.7. The van der Waals surface area contributed by atoms with E-state index in [1.807, 2.05) is 0 Å². The molecule has 26 heavy (non-hydrogen) atoms. The molecule has 15 heteroatoms. The van der Waals surface area contributed by atoms with E-state index < -0.39 is 53.4 Å². The predicted octanol–water partition coefficient (Wildman–Crippen LogP) is 4.84. The number of carbonyl (C=O) groups excluding carboxylic acids is 1. The van der Waals surface area contributed by atoms with E-state index in [0.29, 0.717) is 7.11 Å². The Morgan fingerprint density at radius 2 is 1.08 bits per heavy atom. The number of alkyl halides is 13. The van der Waals surface area contributed by atoms with E-state index in [4.69, 9.17) is 0 Å². The molecule has 0 aliphatic carbocycles. The van der Waals surface area contributed by atoms with E-state index in [1.54, 1.807) is 0 Å². The molecule has 0 aromatic carbocycles. The lowest BCUT2D eigenvalue weighted by atomic mass is 9.86. The maximum absolute atomic E-state index is 13.9. The number of allylic oxidation sites excluding steroid dienone is 1. The molecule has 0 radical (unpaired) electrons. The maximum atomic E-state index is 13.9. The van der Waals surface area contributed by atoms with Crippen LogP contribution in [0.25, 0.3) is 0 Å². The molecule has 0 amide bonds. The molecule has 0 aromatic heterocycles. The van der Waals surface area contributed by atoms with Gasteiger partial charge >= 0.3 is 36.1 Å². The molecule has 0 fully saturated rings. The van der Waals surface area contributed by atoms with Crippen molar-refractivity contribution in [2.75, 3.05) is 7.11 Å². The minimum absolute atomic E-state index is 0.141. The molecule has 0 N–H and O–H groups in total. The summed E-state index contributed by atoms with van der Waals surface area (Å²) in [7, 11) is 0.442. The van der Waals surface area contributed by atoms with Crippen LogP contribution in [0.15, 0.2) is 11.6 Å². The van der Waals surface area contributed by atoms with E-state index in [9.17, 15) is 61.9 Å². The van der Waals surface area contributed by atoms with Crippen LogP contribution in [0.5, 0.6) is 0 Å². The number of halogens is 13. The zero-order chi connectivity index (χ0) is 21.6. The van der Waals surface area contributed by atoms with Crippen molar-refractivity contribution in [1.82, 2.24) is 0 Å². The van der Waals surface area contributed by atoms with Gasteiger partial charge < -0.3 is 4.74 Å². The molecule has 0 saturated heterocycles. The second-order valence-electron chi connectivity index (χ2n) is 4.75. The molecule has 0 spiro atoms. The summed E-state index contributed by atoms with van der Waals surface area (Å²) in [6, 6.07) is 0. The molecule has 0 aliphatic rings. The summed E-state index contributed by atoms with van der Waals surface area (Å²) in [6.07, 6.45) is -16.1. The Kier molecular flexibility index (Phi) is 6.05. The van der Waals surface area contributed by atoms with E-state index >= 15 is 0 Å². The van der Waals surface area contributed by atoms with Crippen LogP contribution in [0.4, 0.5) is 57.1 Å². The summed E-state index contributed by atoms with van der Waals surface area (Å²) in [5.41, 5.74) is -8.53. The third-order valence-electron chi connectivity index (χ3n) is 2.94. The summed E-state index contributed by atoms with van der Waals surface area (Å²) in [6.45, 7) is 0.141. The van der Waals surface area contributed by atoms with E-state index in [-0.39, 0.29) is 6.92 Å². The lowest BCUT2D eigenvalue weighted by Crippen LogP contribution is -2.70. The van der Waals surface area contributed by atoms with Gasteiger partial charge in [-0.2, -0.15) is 52.7 Å². The van der Waals surface area contributed by atoms with Gasteiger partial charge in [-0.3, -0.25) is 0 Å². The van der Waals surface area contributed by atoms with Crippen molar-refractivity contribution in [2.24, 2.45) is 0 Å². The maximum Gasteiger partial charge on any atom is 0.460 e. The molecule has 0 bridgehead atoms. The number of hydrogen-bond donors (Lipinski definition) is 0. The highest BCUT2D eigenvalue weighted by Crippen LogP contribution is 2.60. The zero-order valence-electron chi connectivity index (χ0n) is 12.3. The van der Waals surface area contributed by atoms with Gasteiger partial charge in [0.25, 0.3) is 5.67 Å². The number of ether oxygens (including phenoxy) is 1. The Balaban J connectivity index is 6.76. The zero-order valence-corrected chi connectivity index (χ0v) is 12.3. The Morgan fingerprint density at radius 1 is 0.692 bits per heavy atom. The van der Waals surface area contributed by atoms with Crippen LogP contribution in [0.3, 0.4) is 0 Å². The van der Waals surface area contributed by atoms with Gasteiger partial charge in [0.1, 0.15) is 0 Å². The molecule has 0 saturated carbocycles. The molecular formula is C11H7F13O2. The Bertz CT molecular complexity index is 572. The molecule has 1 atom stereocenters. The number of methoxy groups -OCH3 is 1. The van der Waals surface area contributed by atoms with Crippen molar-refractivity contribution in [3.05, 3.63) is 11.6 Å². The van der Waals surface area contributed by atoms with Crippen LogP contribution >= 0.6 is 0 Å². The molecule has 0 aromatic rings. The summed E-state index contributed by atoms with van der Waals surface area (Å²) in [5.74, 6) is -25.3. The van der Waals surface area contributed by atoms with Crippen molar-refractivity contribution in [1.29, 1.82) is 0 Å². The predicted molar refractivity (Wildman–Crippen MR) is 56.6 cm³/mol. The summed E-state index contributed by atoms with van der Waals surface area (Å²) < 4.78 is 170. The van der Waals surface area contributed by atoms with Crippen LogP contribution in [0.2, 0.25) is 0 Å². The Labute approximate surface area is 135 Å². The average molecular weight is 418 g/mol. The van der Waals surface area contributed by atoms with E-state index in [0.717, 1.165) is 0 Å². The first-order valence-corrected chi connectivity index (χ1v) is 5.85. The molecule has 0 heterocycles. The van der Waals surface area contributed by atoms with E-state index in [1.165, 1.54) is 0 Å². The van der Waals surface area contributed by atoms with Crippen molar-refractivity contribution >= 4 is 5.97 Å². The number of carbonyl (C=O) groups is 1. The summed E-state index contributed by atoms with van der Waals surface area (Å²) in [4.78, 5) is 10.9. The fraction of sp³-hybridized carbons (Fsp3) is 0.727.